The predicted octanol–water partition coefficient (Wildman–Crippen LogP) is 1.50. The van der Waals surface area contributed by atoms with Crippen molar-refractivity contribution in [1.29, 1.82) is 0 Å². The summed E-state index contributed by atoms with van der Waals surface area (Å²) in [4.78, 5) is 10.8. The zero-order chi connectivity index (χ0) is 15.6. The van der Waals surface area contributed by atoms with Crippen LogP contribution < -0.4 is 10.5 Å². The van der Waals surface area contributed by atoms with Crippen LogP contribution in [0.3, 0.4) is 0 Å². The predicted molar refractivity (Wildman–Crippen MR) is 70.8 cm³/mol. The molecule has 0 bridgehead atoms. The van der Waals surface area contributed by atoms with E-state index in [1.54, 1.807) is 20.8 Å². The maximum Gasteiger partial charge on any atom is 0.407 e. The fourth-order valence-corrected chi connectivity index (χ4v) is 2.02. The molecule has 0 spiro atoms. The van der Waals surface area contributed by atoms with Gasteiger partial charge in [-0.15, -0.1) is 0 Å². The van der Waals surface area contributed by atoms with Crippen LogP contribution in [-0.2, 0) is 21.3 Å². The third-order valence-corrected chi connectivity index (χ3v) is 3.06. The molecule has 1 rings (SSSR count). The summed E-state index contributed by atoms with van der Waals surface area (Å²) in [7, 11) is -4.14. The monoisotopic (exact) mass is 304 g/mol. The molecule has 0 aliphatic carbocycles. The van der Waals surface area contributed by atoms with Crippen LogP contribution in [0.4, 0.5) is 9.18 Å². The smallest absolute Gasteiger partial charge is 0.407 e. The molecule has 1 aromatic carbocycles. The van der Waals surface area contributed by atoms with E-state index in [-0.39, 0.29) is 6.54 Å². The second-order valence-corrected chi connectivity index (χ2v) is 6.70. The van der Waals surface area contributed by atoms with E-state index in [4.69, 9.17) is 9.88 Å². The Morgan fingerprint density at radius 2 is 2.00 bits per heavy atom. The Bertz CT molecular complexity index is 608. The Labute approximate surface area is 117 Å². The molecule has 0 aliphatic rings. The highest BCUT2D eigenvalue weighted by Crippen LogP contribution is 2.15. The largest absolute Gasteiger partial charge is 0.444 e. The number of ether oxygens (including phenoxy) is 1. The summed E-state index contributed by atoms with van der Waals surface area (Å²) in [6.45, 7) is 5.13. The molecule has 8 heteroatoms. The van der Waals surface area contributed by atoms with Crippen molar-refractivity contribution >= 4 is 16.1 Å². The van der Waals surface area contributed by atoms with Crippen LogP contribution in [0.25, 0.3) is 0 Å². The molecular formula is C12H17FN2O4S. The first-order chi connectivity index (χ1) is 8.99. The molecule has 0 heterocycles. The molecule has 0 atom stereocenters. The minimum atomic E-state index is -4.14. The van der Waals surface area contributed by atoms with E-state index in [1.807, 2.05) is 0 Å². The second kappa shape index (κ2) is 5.76. The number of halogens is 1. The zero-order valence-corrected chi connectivity index (χ0v) is 12.3. The highest BCUT2D eigenvalue weighted by molar-refractivity contribution is 7.89. The van der Waals surface area contributed by atoms with Gasteiger partial charge in [0.2, 0.25) is 10.0 Å². The molecule has 20 heavy (non-hydrogen) atoms. The molecule has 6 nitrogen and oxygen atoms in total. The fraction of sp³-hybridized carbons (Fsp3) is 0.417. The number of hydrogen-bond acceptors (Lipinski definition) is 4. The average Bonchev–Trinajstić information content (AvgIpc) is 2.24. The van der Waals surface area contributed by atoms with Crippen molar-refractivity contribution in [3.05, 3.63) is 29.6 Å². The van der Waals surface area contributed by atoms with Gasteiger partial charge in [0, 0.05) is 6.54 Å². The lowest BCUT2D eigenvalue weighted by atomic mass is 10.2. The van der Waals surface area contributed by atoms with Crippen LogP contribution in [0.2, 0.25) is 0 Å². The quantitative estimate of drug-likeness (QED) is 0.884. The summed E-state index contributed by atoms with van der Waals surface area (Å²) in [5, 5.41) is 7.32. The maximum absolute atomic E-state index is 13.3. The van der Waals surface area contributed by atoms with Gasteiger partial charge >= 0.3 is 6.09 Å². The SMILES string of the molecule is CC(C)(C)OC(=O)NCc1ccc(F)c(S(N)(=O)=O)c1. The minimum absolute atomic E-state index is 0.00227. The molecule has 0 saturated heterocycles. The van der Waals surface area contributed by atoms with Gasteiger partial charge in [-0.1, -0.05) is 6.07 Å². The number of rotatable bonds is 3. The van der Waals surface area contributed by atoms with Gasteiger partial charge in [-0.25, -0.2) is 22.7 Å². The topological polar surface area (TPSA) is 98.5 Å². The van der Waals surface area contributed by atoms with Crippen molar-refractivity contribution in [3.63, 3.8) is 0 Å². The molecule has 0 radical (unpaired) electrons. The van der Waals surface area contributed by atoms with Crippen molar-refractivity contribution in [2.24, 2.45) is 5.14 Å². The number of carbonyl (C=O) groups is 1. The average molecular weight is 304 g/mol. The molecule has 0 aliphatic heterocycles. The Morgan fingerprint density at radius 1 is 1.40 bits per heavy atom. The van der Waals surface area contributed by atoms with Gasteiger partial charge < -0.3 is 10.1 Å². The van der Waals surface area contributed by atoms with Gasteiger partial charge in [-0.3, -0.25) is 0 Å². The lowest BCUT2D eigenvalue weighted by Gasteiger charge is -2.19. The van der Waals surface area contributed by atoms with E-state index in [0.717, 1.165) is 12.1 Å². The Kier molecular flexibility index (Phi) is 4.72. The number of nitrogens with two attached hydrogens (primary N) is 1. The van der Waals surface area contributed by atoms with Crippen LogP contribution in [0.1, 0.15) is 26.3 Å². The molecule has 1 aromatic rings. The summed E-state index contributed by atoms with van der Waals surface area (Å²) in [6, 6.07) is 3.40. The van der Waals surface area contributed by atoms with Crippen molar-refractivity contribution in [3.8, 4) is 0 Å². The molecular weight excluding hydrogens is 287 g/mol. The first kappa shape index (κ1) is 16.4. The molecule has 3 N–H and O–H groups in total. The lowest BCUT2D eigenvalue weighted by molar-refractivity contribution is 0.0523. The van der Waals surface area contributed by atoms with E-state index in [0.29, 0.717) is 5.56 Å². The Morgan fingerprint density at radius 3 is 2.50 bits per heavy atom. The standard InChI is InChI=1S/C12H17FN2O4S/c1-12(2,3)19-11(16)15-7-8-4-5-9(13)10(6-8)20(14,17)18/h4-6H,7H2,1-3H3,(H,15,16)(H2,14,17,18). The Hall–Kier alpha value is -1.67. The second-order valence-electron chi connectivity index (χ2n) is 5.17. The Balaban J connectivity index is 2.78. The molecule has 1 amide bonds. The highest BCUT2D eigenvalue weighted by atomic mass is 32.2. The van der Waals surface area contributed by atoms with Gasteiger partial charge in [-0.05, 0) is 38.5 Å². The van der Waals surface area contributed by atoms with Gasteiger partial charge in [0.25, 0.3) is 0 Å². The first-order valence-electron chi connectivity index (χ1n) is 5.77. The third-order valence-electron chi connectivity index (χ3n) is 2.14. The summed E-state index contributed by atoms with van der Waals surface area (Å²) in [5.74, 6) is -0.937. The van der Waals surface area contributed by atoms with Gasteiger partial charge in [0.05, 0.1) is 0 Å². The number of alkyl carbamates (subject to hydrolysis) is 1. The van der Waals surface area contributed by atoms with E-state index in [2.05, 4.69) is 5.32 Å². The summed E-state index contributed by atoms with van der Waals surface area (Å²) in [5.41, 5.74) is -0.250. The van der Waals surface area contributed by atoms with Crippen LogP contribution in [0.15, 0.2) is 23.1 Å². The maximum atomic E-state index is 13.3. The van der Waals surface area contributed by atoms with Gasteiger partial charge in [0.15, 0.2) is 0 Å². The normalized spacial score (nSPS) is 12.1. The number of hydrogen-bond donors (Lipinski definition) is 2. The lowest BCUT2D eigenvalue weighted by Crippen LogP contribution is -2.32. The number of benzene rings is 1. The van der Waals surface area contributed by atoms with Crippen LogP contribution in [-0.4, -0.2) is 20.1 Å². The van der Waals surface area contributed by atoms with E-state index >= 15 is 0 Å². The molecule has 0 saturated carbocycles. The zero-order valence-electron chi connectivity index (χ0n) is 11.4. The third kappa shape index (κ3) is 5.14. The van der Waals surface area contributed by atoms with Crippen LogP contribution in [0, 0.1) is 5.82 Å². The van der Waals surface area contributed by atoms with E-state index in [1.165, 1.54) is 6.07 Å². The van der Waals surface area contributed by atoms with Crippen LogP contribution in [0.5, 0.6) is 0 Å². The number of carbonyl (C=O) groups excluding carboxylic acids is 1. The van der Waals surface area contributed by atoms with Gasteiger partial charge in [0.1, 0.15) is 16.3 Å². The van der Waals surface area contributed by atoms with Crippen molar-refractivity contribution < 1.29 is 22.3 Å². The molecule has 112 valence electrons. The van der Waals surface area contributed by atoms with Gasteiger partial charge in [-0.2, -0.15) is 0 Å². The summed E-state index contributed by atoms with van der Waals surface area (Å²) in [6.07, 6.45) is -0.654. The van der Waals surface area contributed by atoms with E-state index in [9.17, 15) is 17.6 Å². The van der Waals surface area contributed by atoms with Crippen molar-refractivity contribution in [1.82, 2.24) is 5.32 Å². The molecule has 0 aromatic heterocycles. The first-order valence-corrected chi connectivity index (χ1v) is 7.32. The number of nitrogens with one attached hydrogen (secondary N) is 1. The number of primary sulfonamides is 1. The van der Waals surface area contributed by atoms with E-state index < -0.39 is 32.4 Å². The molecule has 0 fully saturated rings. The summed E-state index contributed by atoms with van der Waals surface area (Å²) >= 11 is 0. The summed E-state index contributed by atoms with van der Waals surface area (Å²) < 4.78 is 40.6. The minimum Gasteiger partial charge on any atom is -0.444 e. The van der Waals surface area contributed by atoms with Crippen molar-refractivity contribution in [2.45, 2.75) is 37.8 Å². The van der Waals surface area contributed by atoms with Crippen molar-refractivity contribution in [2.75, 3.05) is 0 Å². The highest BCUT2D eigenvalue weighted by Gasteiger charge is 2.17. The fourth-order valence-electron chi connectivity index (χ4n) is 1.36. The number of amides is 1. The van der Waals surface area contributed by atoms with Crippen LogP contribution >= 0.6 is 0 Å². The molecule has 0 unspecified atom stereocenters. The number of sulfonamides is 1.